The highest BCUT2D eigenvalue weighted by Crippen LogP contribution is 2.04. The Bertz CT molecular complexity index is 482. The quantitative estimate of drug-likeness (QED) is 0.820. The fraction of sp³-hybridized carbons (Fsp3) is 0.250. The minimum Gasteiger partial charge on any atom is -0.376 e. The molecule has 2 N–H and O–H groups in total. The van der Waals surface area contributed by atoms with Crippen LogP contribution in [0.5, 0.6) is 0 Å². The predicted octanol–water partition coefficient (Wildman–Crippen LogP) is 0.875. The van der Waals surface area contributed by atoms with Gasteiger partial charge in [0.2, 0.25) is 5.91 Å². The van der Waals surface area contributed by atoms with E-state index in [1.165, 1.54) is 6.33 Å². The lowest BCUT2D eigenvalue weighted by atomic mass is 10.3. The zero-order chi connectivity index (χ0) is 12.8. The van der Waals surface area contributed by atoms with Gasteiger partial charge in [-0.05, 0) is 12.1 Å². The fourth-order valence-corrected chi connectivity index (χ4v) is 1.49. The number of nitrogens with one attached hydrogen (secondary N) is 2. The SMILES string of the molecule is CN(Cc1ncn[nH]1)C(=O)CNc1ccccc1. The number of aromatic nitrogens is 3. The molecule has 18 heavy (non-hydrogen) atoms. The predicted molar refractivity (Wildman–Crippen MR) is 67.8 cm³/mol. The molecule has 1 amide bonds. The van der Waals surface area contributed by atoms with E-state index in [1.807, 2.05) is 30.3 Å². The Balaban J connectivity index is 1.81. The first-order valence-electron chi connectivity index (χ1n) is 5.63. The van der Waals surface area contributed by atoms with Gasteiger partial charge in [-0.15, -0.1) is 0 Å². The van der Waals surface area contributed by atoms with E-state index in [2.05, 4.69) is 20.5 Å². The second-order valence-electron chi connectivity index (χ2n) is 3.90. The van der Waals surface area contributed by atoms with Crippen molar-refractivity contribution in [3.05, 3.63) is 42.5 Å². The van der Waals surface area contributed by atoms with E-state index < -0.39 is 0 Å². The van der Waals surface area contributed by atoms with Crippen LogP contribution < -0.4 is 5.32 Å². The van der Waals surface area contributed by atoms with E-state index in [0.717, 1.165) is 5.69 Å². The third-order valence-corrected chi connectivity index (χ3v) is 2.50. The maximum absolute atomic E-state index is 11.8. The molecule has 1 aromatic carbocycles. The molecule has 0 aliphatic rings. The number of rotatable bonds is 5. The second kappa shape index (κ2) is 5.81. The summed E-state index contributed by atoms with van der Waals surface area (Å²) in [6, 6.07) is 9.62. The molecule has 0 saturated heterocycles. The Labute approximate surface area is 105 Å². The Kier molecular flexibility index (Phi) is 3.90. The van der Waals surface area contributed by atoms with E-state index in [1.54, 1.807) is 11.9 Å². The number of para-hydroxylation sites is 1. The summed E-state index contributed by atoms with van der Waals surface area (Å²) in [6.45, 7) is 0.684. The Morgan fingerprint density at radius 1 is 1.39 bits per heavy atom. The maximum Gasteiger partial charge on any atom is 0.242 e. The van der Waals surface area contributed by atoms with Gasteiger partial charge in [0, 0.05) is 12.7 Å². The van der Waals surface area contributed by atoms with Gasteiger partial charge < -0.3 is 10.2 Å². The van der Waals surface area contributed by atoms with Crippen molar-refractivity contribution in [2.24, 2.45) is 0 Å². The number of H-pyrrole nitrogens is 1. The Hall–Kier alpha value is -2.37. The van der Waals surface area contributed by atoms with E-state index in [-0.39, 0.29) is 12.5 Å². The topological polar surface area (TPSA) is 73.9 Å². The molecule has 2 rings (SSSR count). The first-order valence-corrected chi connectivity index (χ1v) is 5.63. The number of hydrogen-bond acceptors (Lipinski definition) is 4. The van der Waals surface area contributed by atoms with Crippen LogP contribution in [-0.2, 0) is 11.3 Å². The van der Waals surface area contributed by atoms with Gasteiger partial charge in [0.05, 0.1) is 13.1 Å². The third-order valence-electron chi connectivity index (χ3n) is 2.50. The molecule has 2 aromatic rings. The molecule has 0 saturated carbocycles. The normalized spacial score (nSPS) is 10.1. The molecule has 0 unspecified atom stereocenters. The Morgan fingerprint density at radius 2 is 2.17 bits per heavy atom. The number of nitrogens with zero attached hydrogens (tertiary/aromatic N) is 3. The maximum atomic E-state index is 11.8. The monoisotopic (exact) mass is 245 g/mol. The number of carbonyl (C=O) groups is 1. The van der Waals surface area contributed by atoms with Crippen molar-refractivity contribution in [1.82, 2.24) is 20.1 Å². The van der Waals surface area contributed by atoms with Crippen molar-refractivity contribution in [2.75, 3.05) is 18.9 Å². The molecule has 1 aromatic heterocycles. The summed E-state index contributed by atoms with van der Waals surface area (Å²) in [5.41, 5.74) is 0.930. The highest BCUT2D eigenvalue weighted by Gasteiger charge is 2.10. The first-order chi connectivity index (χ1) is 8.75. The zero-order valence-corrected chi connectivity index (χ0v) is 10.1. The minimum atomic E-state index is -0.00440. The second-order valence-corrected chi connectivity index (χ2v) is 3.90. The molecule has 1 heterocycles. The minimum absolute atomic E-state index is 0.00440. The average molecular weight is 245 g/mol. The first kappa shape index (κ1) is 12.1. The van der Waals surface area contributed by atoms with Crippen LogP contribution >= 0.6 is 0 Å². The highest BCUT2D eigenvalue weighted by molar-refractivity contribution is 5.80. The number of likely N-dealkylation sites (N-methyl/N-ethyl adjacent to an activating group) is 1. The molecule has 0 spiro atoms. The standard InChI is InChI=1S/C12H15N5O/c1-17(8-11-14-9-15-16-11)12(18)7-13-10-5-3-2-4-6-10/h2-6,9,13H,7-8H2,1H3,(H,14,15,16). The lowest BCUT2D eigenvalue weighted by molar-refractivity contribution is -0.128. The van der Waals surface area contributed by atoms with Gasteiger partial charge in [0.25, 0.3) is 0 Å². The van der Waals surface area contributed by atoms with Crippen LogP contribution in [0.15, 0.2) is 36.7 Å². The molecule has 0 aliphatic carbocycles. The molecule has 0 aliphatic heterocycles. The summed E-state index contributed by atoms with van der Waals surface area (Å²) in [6.07, 6.45) is 1.43. The van der Waals surface area contributed by atoms with Gasteiger partial charge in [0.1, 0.15) is 12.2 Å². The lowest BCUT2D eigenvalue weighted by Crippen LogP contribution is -2.32. The van der Waals surface area contributed by atoms with Gasteiger partial charge >= 0.3 is 0 Å². The Morgan fingerprint density at radius 3 is 2.83 bits per heavy atom. The van der Waals surface area contributed by atoms with Crippen LogP contribution in [0, 0.1) is 0 Å². The van der Waals surface area contributed by atoms with E-state index in [0.29, 0.717) is 12.4 Å². The summed E-state index contributed by atoms with van der Waals surface area (Å²) < 4.78 is 0. The van der Waals surface area contributed by atoms with E-state index in [4.69, 9.17) is 0 Å². The van der Waals surface area contributed by atoms with Gasteiger partial charge in [-0.3, -0.25) is 9.89 Å². The molecule has 6 heteroatoms. The molecule has 0 radical (unpaired) electrons. The summed E-state index contributed by atoms with van der Waals surface area (Å²) in [4.78, 5) is 17.4. The summed E-state index contributed by atoms with van der Waals surface area (Å²) in [5.74, 6) is 0.667. The van der Waals surface area contributed by atoms with E-state index >= 15 is 0 Å². The summed E-state index contributed by atoms with van der Waals surface area (Å²) in [5, 5.41) is 9.53. The van der Waals surface area contributed by atoms with Crippen molar-refractivity contribution < 1.29 is 4.79 Å². The smallest absolute Gasteiger partial charge is 0.242 e. The number of anilines is 1. The van der Waals surface area contributed by atoms with Gasteiger partial charge in [-0.25, -0.2) is 4.98 Å². The van der Waals surface area contributed by atoms with Crippen LogP contribution in [0.4, 0.5) is 5.69 Å². The van der Waals surface area contributed by atoms with Crippen LogP contribution in [0.1, 0.15) is 5.82 Å². The number of amides is 1. The van der Waals surface area contributed by atoms with Crippen LogP contribution in [-0.4, -0.2) is 39.6 Å². The zero-order valence-electron chi connectivity index (χ0n) is 10.1. The van der Waals surface area contributed by atoms with Crippen molar-refractivity contribution in [3.63, 3.8) is 0 Å². The molecule has 94 valence electrons. The van der Waals surface area contributed by atoms with Crippen molar-refractivity contribution >= 4 is 11.6 Å². The number of carbonyl (C=O) groups excluding carboxylic acids is 1. The van der Waals surface area contributed by atoms with Gasteiger partial charge in [-0.1, -0.05) is 18.2 Å². The fourth-order valence-electron chi connectivity index (χ4n) is 1.49. The number of benzene rings is 1. The molecule has 6 nitrogen and oxygen atoms in total. The van der Waals surface area contributed by atoms with Gasteiger partial charge in [-0.2, -0.15) is 5.10 Å². The van der Waals surface area contributed by atoms with Crippen LogP contribution in [0.3, 0.4) is 0 Å². The molecule has 0 bridgehead atoms. The summed E-state index contributed by atoms with van der Waals surface area (Å²) >= 11 is 0. The van der Waals surface area contributed by atoms with Crippen molar-refractivity contribution in [1.29, 1.82) is 0 Å². The van der Waals surface area contributed by atoms with Crippen molar-refractivity contribution in [3.8, 4) is 0 Å². The number of hydrogen-bond donors (Lipinski definition) is 2. The highest BCUT2D eigenvalue weighted by atomic mass is 16.2. The van der Waals surface area contributed by atoms with Crippen LogP contribution in [0.2, 0.25) is 0 Å². The summed E-state index contributed by atoms with van der Waals surface area (Å²) in [7, 11) is 1.73. The van der Waals surface area contributed by atoms with Crippen LogP contribution in [0.25, 0.3) is 0 Å². The number of aromatic amines is 1. The molecule has 0 atom stereocenters. The molecular weight excluding hydrogens is 230 g/mol. The molecule has 0 fully saturated rings. The average Bonchev–Trinajstić information content (AvgIpc) is 2.90. The van der Waals surface area contributed by atoms with Gasteiger partial charge in [0.15, 0.2) is 0 Å². The largest absolute Gasteiger partial charge is 0.376 e. The van der Waals surface area contributed by atoms with E-state index in [9.17, 15) is 4.79 Å². The lowest BCUT2D eigenvalue weighted by Gasteiger charge is -2.16. The third kappa shape index (κ3) is 3.31. The van der Waals surface area contributed by atoms with Crippen molar-refractivity contribution in [2.45, 2.75) is 6.54 Å². The molecular formula is C12H15N5O.